The zero-order chi connectivity index (χ0) is 21.5. The molecule has 0 saturated heterocycles. The Labute approximate surface area is 176 Å². The van der Waals surface area contributed by atoms with Crippen molar-refractivity contribution in [2.75, 3.05) is 7.11 Å². The first-order valence-corrected chi connectivity index (χ1v) is 10.5. The van der Waals surface area contributed by atoms with Crippen molar-refractivity contribution in [3.05, 3.63) is 47.3 Å². The number of aryl methyl sites for hydroxylation is 1. The van der Waals surface area contributed by atoms with E-state index in [9.17, 15) is 14.4 Å². The first-order chi connectivity index (χ1) is 14.6. The number of hydrogen-bond donors (Lipinski definition) is 0. The van der Waals surface area contributed by atoms with Crippen LogP contribution in [0, 0.1) is 0 Å². The van der Waals surface area contributed by atoms with Crippen molar-refractivity contribution in [1.82, 2.24) is 19.9 Å². The van der Waals surface area contributed by atoms with E-state index >= 15 is 0 Å². The summed E-state index contributed by atoms with van der Waals surface area (Å²) in [6.07, 6.45) is 8.91. The van der Waals surface area contributed by atoms with Crippen molar-refractivity contribution in [2.45, 2.75) is 64.5 Å². The van der Waals surface area contributed by atoms with Crippen molar-refractivity contribution in [3.8, 4) is 0 Å². The molecule has 0 fully saturated rings. The number of hydrogen-bond acceptors (Lipinski definition) is 6. The largest absolute Gasteiger partial charge is 0.467 e. The number of unbranched alkanes of at least 4 members (excludes halogenated alkanes) is 5. The van der Waals surface area contributed by atoms with Crippen molar-refractivity contribution >= 4 is 17.8 Å². The summed E-state index contributed by atoms with van der Waals surface area (Å²) in [5, 5.41) is 8.25. The molecule has 1 aliphatic rings. The molecule has 2 heterocycles. The summed E-state index contributed by atoms with van der Waals surface area (Å²) >= 11 is 0. The number of imide groups is 1. The second-order valence-electron chi connectivity index (χ2n) is 7.51. The highest BCUT2D eigenvalue weighted by atomic mass is 16.5. The van der Waals surface area contributed by atoms with E-state index in [2.05, 4.69) is 17.2 Å². The van der Waals surface area contributed by atoms with Gasteiger partial charge >= 0.3 is 5.97 Å². The number of carbonyl (C=O) groups excluding carboxylic acids is 3. The van der Waals surface area contributed by atoms with Gasteiger partial charge in [-0.1, -0.05) is 56.4 Å². The molecule has 30 heavy (non-hydrogen) atoms. The highest BCUT2D eigenvalue weighted by molar-refractivity contribution is 6.22. The van der Waals surface area contributed by atoms with Crippen LogP contribution in [-0.2, 0) is 22.5 Å². The van der Waals surface area contributed by atoms with Gasteiger partial charge in [-0.05, 0) is 18.6 Å². The number of amides is 2. The average molecular weight is 412 g/mol. The molecule has 2 aromatic rings. The first-order valence-electron chi connectivity index (χ1n) is 10.5. The fourth-order valence-electron chi connectivity index (χ4n) is 3.70. The summed E-state index contributed by atoms with van der Waals surface area (Å²) < 4.78 is 6.61. The highest BCUT2D eigenvalue weighted by Crippen LogP contribution is 2.26. The van der Waals surface area contributed by atoms with Gasteiger partial charge in [0.2, 0.25) is 0 Å². The zero-order valence-electron chi connectivity index (χ0n) is 17.5. The van der Waals surface area contributed by atoms with E-state index in [1.165, 1.54) is 32.8 Å². The predicted molar refractivity (Wildman–Crippen MR) is 110 cm³/mol. The molecular formula is C22H28N4O4. The Balaban J connectivity index is 1.66. The van der Waals surface area contributed by atoms with Gasteiger partial charge in [-0.3, -0.25) is 19.2 Å². The summed E-state index contributed by atoms with van der Waals surface area (Å²) in [5.41, 5.74) is 1.12. The van der Waals surface area contributed by atoms with E-state index in [-0.39, 0.29) is 6.42 Å². The summed E-state index contributed by atoms with van der Waals surface area (Å²) in [6.45, 7) is 2.94. The van der Waals surface area contributed by atoms with Crippen molar-refractivity contribution < 1.29 is 19.1 Å². The van der Waals surface area contributed by atoms with Crippen LogP contribution in [0.5, 0.6) is 0 Å². The SMILES string of the molecule is CCCCCCCCn1cc(CC(C(=O)OC)N2C(=O)c3ccccc3C2=O)nn1. The fourth-order valence-corrected chi connectivity index (χ4v) is 3.70. The summed E-state index contributed by atoms with van der Waals surface area (Å²) in [6, 6.07) is 5.46. The minimum atomic E-state index is -1.08. The van der Waals surface area contributed by atoms with Gasteiger partial charge < -0.3 is 4.74 Å². The smallest absolute Gasteiger partial charge is 0.329 e. The van der Waals surface area contributed by atoms with E-state index in [0.717, 1.165) is 24.3 Å². The molecule has 0 N–H and O–H groups in total. The Morgan fingerprint density at radius 2 is 1.67 bits per heavy atom. The second-order valence-corrected chi connectivity index (χ2v) is 7.51. The van der Waals surface area contributed by atoms with Crippen LogP contribution in [0.1, 0.15) is 71.9 Å². The fraction of sp³-hybridized carbons (Fsp3) is 0.500. The molecule has 0 aliphatic carbocycles. The Hall–Kier alpha value is -3.03. The average Bonchev–Trinajstić information content (AvgIpc) is 3.31. The Kier molecular flexibility index (Phi) is 7.32. The van der Waals surface area contributed by atoms with Gasteiger partial charge in [-0.2, -0.15) is 0 Å². The number of benzene rings is 1. The zero-order valence-corrected chi connectivity index (χ0v) is 17.5. The number of ether oxygens (including phenoxy) is 1. The maximum atomic E-state index is 12.8. The maximum Gasteiger partial charge on any atom is 0.329 e. The van der Waals surface area contributed by atoms with Crippen LogP contribution in [0.3, 0.4) is 0 Å². The van der Waals surface area contributed by atoms with Crippen molar-refractivity contribution in [3.63, 3.8) is 0 Å². The van der Waals surface area contributed by atoms with Crippen LogP contribution in [0.4, 0.5) is 0 Å². The third-order valence-corrected chi connectivity index (χ3v) is 5.34. The Morgan fingerprint density at radius 1 is 1.03 bits per heavy atom. The lowest BCUT2D eigenvalue weighted by Crippen LogP contribution is -2.46. The topological polar surface area (TPSA) is 94.4 Å². The monoisotopic (exact) mass is 412 g/mol. The molecule has 0 bridgehead atoms. The van der Waals surface area contributed by atoms with Gasteiger partial charge in [-0.25, -0.2) is 4.79 Å². The number of methoxy groups -OCH3 is 1. The molecule has 8 nitrogen and oxygen atoms in total. The summed E-state index contributed by atoms with van der Waals surface area (Å²) in [5.74, 6) is -1.65. The van der Waals surface area contributed by atoms with E-state index < -0.39 is 23.8 Å². The second kappa shape index (κ2) is 10.1. The maximum absolute atomic E-state index is 12.8. The first kappa shape index (κ1) is 21.7. The molecule has 1 aliphatic heterocycles. The molecule has 160 valence electrons. The normalized spacial score (nSPS) is 14.1. The Morgan fingerprint density at radius 3 is 2.30 bits per heavy atom. The van der Waals surface area contributed by atoms with Crippen molar-refractivity contribution in [2.24, 2.45) is 0 Å². The number of fused-ring (bicyclic) bond motifs is 1. The number of aromatic nitrogens is 3. The van der Waals surface area contributed by atoms with E-state index in [1.807, 2.05) is 0 Å². The van der Waals surface area contributed by atoms with Crippen LogP contribution in [0.15, 0.2) is 30.5 Å². The highest BCUT2D eigenvalue weighted by Gasteiger charge is 2.43. The van der Waals surface area contributed by atoms with Crippen molar-refractivity contribution in [1.29, 1.82) is 0 Å². The molecule has 0 saturated carbocycles. The Bertz CT molecular complexity index is 873. The molecule has 1 aromatic carbocycles. The van der Waals surface area contributed by atoms with Gasteiger partial charge in [0, 0.05) is 19.2 Å². The number of nitrogens with zero attached hydrogens (tertiary/aromatic N) is 4. The van der Waals surface area contributed by atoms with Gasteiger partial charge in [0.25, 0.3) is 11.8 Å². The minimum Gasteiger partial charge on any atom is -0.467 e. The van der Waals surface area contributed by atoms with Gasteiger partial charge in [0.05, 0.1) is 23.9 Å². The van der Waals surface area contributed by atoms with E-state index in [4.69, 9.17) is 4.74 Å². The standard InChI is InChI=1S/C22H28N4O4/c1-3-4-5-6-7-10-13-25-15-16(23-24-25)14-19(22(29)30-2)26-20(27)17-11-8-9-12-18(17)21(26)28/h8-9,11-12,15,19H,3-7,10,13-14H2,1-2H3. The predicted octanol–water partition coefficient (Wildman–Crippen LogP) is 3.02. The summed E-state index contributed by atoms with van der Waals surface area (Å²) in [7, 11) is 1.24. The van der Waals surface area contributed by atoms with Gasteiger partial charge in [0.1, 0.15) is 6.04 Å². The molecule has 0 radical (unpaired) electrons. The lowest BCUT2D eigenvalue weighted by molar-refractivity contribution is -0.145. The van der Waals surface area contributed by atoms with Crippen LogP contribution < -0.4 is 0 Å². The van der Waals surface area contributed by atoms with E-state index in [1.54, 1.807) is 35.1 Å². The molecule has 1 aromatic heterocycles. The number of esters is 1. The molecular weight excluding hydrogens is 384 g/mol. The molecule has 8 heteroatoms. The van der Waals surface area contributed by atoms with Gasteiger partial charge in [0.15, 0.2) is 0 Å². The molecule has 1 atom stereocenters. The number of rotatable bonds is 11. The quantitative estimate of drug-likeness (QED) is 0.320. The summed E-state index contributed by atoms with van der Waals surface area (Å²) in [4.78, 5) is 38.9. The minimum absolute atomic E-state index is 0.0641. The molecule has 2 amide bonds. The third-order valence-electron chi connectivity index (χ3n) is 5.34. The van der Waals surface area contributed by atoms with Crippen LogP contribution in [-0.4, -0.2) is 50.8 Å². The van der Waals surface area contributed by atoms with Gasteiger partial charge in [-0.15, -0.1) is 5.10 Å². The van der Waals surface area contributed by atoms with E-state index in [0.29, 0.717) is 16.8 Å². The molecule has 0 spiro atoms. The number of carbonyl (C=O) groups is 3. The lowest BCUT2D eigenvalue weighted by Gasteiger charge is -2.23. The third kappa shape index (κ3) is 4.75. The molecule has 1 unspecified atom stereocenters. The van der Waals surface area contributed by atoms with Crippen LogP contribution >= 0.6 is 0 Å². The molecule has 3 rings (SSSR count). The lowest BCUT2D eigenvalue weighted by atomic mass is 10.1. The van der Waals surface area contributed by atoms with Crippen LogP contribution in [0.2, 0.25) is 0 Å². The van der Waals surface area contributed by atoms with Crippen LogP contribution in [0.25, 0.3) is 0 Å².